The molecule has 0 spiro atoms. The van der Waals surface area contributed by atoms with Gasteiger partial charge in [-0.1, -0.05) is 44.5 Å². The van der Waals surface area contributed by atoms with Gasteiger partial charge in [0.15, 0.2) is 0 Å². The van der Waals surface area contributed by atoms with Crippen LogP contribution in [0.5, 0.6) is 0 Å². The Morgan fingerprint density at radius 1 is 1.45 bits per heavy atom. The monoisotopic (exact) mass is 344 g/mol. The fourth-order valence-electron chi connectivity index (χ4n) is 2.83. The van der Waals surface area contributed by atoms with Crippen LogP contribution in [-0.2, 0) is 11.2 Å². The second-order valence-electron chi connectivity index (χ2n) is 6.74. The molecule has 2 rings (SSSR count). The fraction of sp³-hybridized carbons (Fsp3) is 0.588. The normalized spacial score (nSPS) is 21.8. The van der Waals surface area contributed by atoms with Gasteiger partial charge in [0, 0.05) is 16.5 Å². The van der Waals surface area contributed by atoms with Gasteiger partial charge in [0.1, 0.15) is 0 Å². The summed E-state index contributed by atoms with van der Waals surface area (Å²) in [5, 5.41) is 7.31. The molecule has 1 aliphatic rings. The predicted octanol–water partition coefficient (Wildman–Crippen LogP) is 3.44. The summed E-state index contributed by atoms with van der Waals surface area (Å²) in [6, 6.07) is 8.02. The lowest BCUT2D eigenvalue weighted by molar-refractivity contribution is -0.130. The Morgan fingerprint density at radius 2 is 2.18 bits per heavy atom. The van der Waals surface area contributed by atoms with Gasteiger partial charge in [-0.2, -0.15) is 0 Å². The lowest BCUT2D eigenvalue weighted by Gasteiger charge is -2.33. The molecule has 1 amide bonds. The minimum atomic E-state index is -0.435. The Morgan fingerprint density at radius 3 is 2.82 bits per heavy atom. The zero-order chi connectivity index (χ0) is 15.5. The van der Waals surface area contributed by atoms with Crippen molar-refractivity contribution in [3.8, 4) is 0 Å². The molecule has 1 fully saturated rings. The second kappa shape index (κ2) is 8.19. The first-order chi connectivity index (χ1) is 9.88. The zero-order valence-electron chi connectivity index (χ0n) is 13.5. The summed E-state index contributed by atoms with van der Waals surface area (Å²) in [7, 11) is 0. The smallest absolute Gasteiger partial charge is 0.226 e. The maximum Gasteiger partial charge on any atom is 0.226 e. The molecule has 22 heavy (non-hydrogen) atoms. The number of carbonyl (C=O) groups is 1. The molecule has 2 atom stereocenters. The van der Waals surface area contributed by atoms with Gasteiger partial charge < -0.3 is 10.6 Å². The zero-order valence-corrected chi connectivity index (χ0v) is 15.1. The van der Waals surface area contributed by atoms with E-state index >= 15 is 0 Å². The standard InChI is InChI=1S/C17H25ClN2O.ClH/c1-12-11-19-8-7-15(12)20-16(21)17(2,3)10-13-5-4-6-14(18)9-13;/h4-6,9,12,15,19H,7-8,10-11H2,1-3H3,(H,20,21);1H. The van der Waals surface area contributed by atoms with Crippen molar-refractivity contribution in [2.24, 2.45) is 11.3 Å². The number of nitrogens with one attached hydrogen (secondary N) is 2. The molecule has 0 saturated carbocycles. The molecule has 5 heteroatoms. The number of rotatable bonds is 4. The van der Waals surface area contributed by atoms with E-state index in [2.05, 4.69) is 17.6 Å². The van der Waals surface area contributed by atoms with Crippen LogP contribution in [0.1, 0.15) is 32.8 Å². The molecular weight excluding hydrogens is 319 g/mol. The van der Waals surface area contributed by atoms with Crippen molar-refractivity contribution in [1.29, 1.82) is 0 Å². The summed E-state index contributed by atoms with van der Waals surface area (Å²) in [4.78, 5) is 12.6. The Hall–Kier alpha value is -0.770. The molecule has 3 nitrogen and oxygen atoms in total. The Bertz CT molecular complexity index is 505. The van der Waals surface area contributed by atoms with Gasteiger partial charge in [0.25, 0.3) is 0 Å². The lowest BCUT2D eigenvalue weighted by atomic mass is 9.83. The summed E-state index contributed by atoms with van der Waals surface area (Å²) in [5.74, 6) is 0.603. The average Bonchev–Trinajstić information content (AvgIpc) is 2.40. The third kappa shape index (κ3) is 5.15. The van der Waals surface area contributed by atoms with Gasteiger partial charge in [-0.25, -0.2) is 0 Å². The van der Waals surface area contributed by atoms with Crippen LogP contribution >= 0.6 is 24.0 Å². The molecule has 0 aromatic heterocycles. The largest absolute Gasteiger partial charge is 0.353 e. The highest BCUT2D eigenvalue weighted by Gasteiger charge is 2.31. The van der Waals surface area contributed by atoms with E-state index in [4.69, 9.17) is 11.6 Å². The van der Waals surface area contributed by atoms with E-state index in [-0.39, 0.29) is 24.4 Å². The molecule has 2 unspecified atom stereocenters. The fourth-order valence-corrected chi connectivity index (χ4v) is 3.04. The van der Waals surface area contributed by atoms with Crippen LogP contribution in [0.25, 0.3) is 0 Å². The van der Waals surface area contributed by atoms with Crippen molar-refractivity contribution in [1.82, 2.24) is 10.6 Å². The first kappa shape index (κ1) is 19.3. The molecule has 0 bridgehead atoms. The number of benzene rings is 1. The third-order valence-electron chi connectivity index (χ3n) is 4.25. The molecular formula is C17H26Cl2N2O. The van der Waals surface area contributed by atoms with Gasteiger partial charge in [-0.3, -0.25) is 4.79 Å². The topological polar surface area (TPSA) is 41.1 Å². The average molecular weight is 345 g/mol. The van der Waals surface area contributed by atoms with Crippen LogP contribution in [-0.4, -0.2) is 25.0 Å². The Balaban J connectivity index is 0.00000242. The van der Waals surface area contributed by atoms with Gasteiger partial charge in [0.2, 0.25) is 5.91 Å². The summed E-state index contributed by atoms with van der Waals surface area (Å²) in [6.45, 7) is 8.12. The minimum absolute atomic E-state index is 0. The SMILES string of the molecule is CC1CNCCC1NC(=O)C(C)(C)Cc1cccc(Cl)c1.Cl. The Kier molecular flexibility index (Phi) is 7.17. The van der Waals surface area contributed by atoms with Gasteiger partial charge >= 0.3 is 0 Å². The molecule has 1 aliphatic heterocycles. The number of hydrogen-bond donors (Lipinski definition) is 2. The highest BCUT2D eigenvalue weighted by Crippen LogP contribution is 2.25. The summed E-state index contributed by atoms with van der Waals surface area (Å²) in [5.41, 5.74) is 0.663. The molecule has 0 radical (unpaired) electrons. The van der Waals surface area contributed by atoms with Gasteiger partial charge in [-0.15, -0.1) is 12.4 Å². The molecule has 1 heterocycles. The van der Waals surface area contributed by atoms with Crippen LogP contribution < -0.4 is 10.6 Å². The minimum Gasteiger partial charge on any atom is -0.353 e. The van der Waals surface area contributed by atoms with Gasteiger partial charge in [-0.05, 0) is 49.5 Å². The predicted molar refractivity (Wildman–Crippen MR) is 94.8 cm³/mol. The van der Waals surface area contributed by atoms with E-state index in [1.807, 2.05) is 38.1 Å². The number of carbonyl (C=O) groups excluding carboxylic acids is 1. The van der Waals surface area contributed by atoms with Crippen LogP contribution in [0.2, 0.25) is 5.02 Å². The van der Waals surface area contributed by atoms with E-state index in [1.165, 1.54) is 0 Å². The van der Waals surface area contributed by atoms with Crippen LogP contribution in [0.4, 0.5) is 0 Å². The Labute approximate surface area is 144 Å². The van der Waals surface area contributed by atoms with Crippen LogP contribution in [0.3, 0.4) is 0 Å². The van der Waals surface area contributed by atoms with Crippen LogP contribution in [0.15, 0.2) is 24.3 Å². The number of hydrogen-bond acceptors (Lipinski definition) is 2. The highest BCUT2D eigenvalue weighted by atomic mass is 35.5. The molecule has 0 aliphatic carbocycles. The third-order valence-corrected chi connectivity index (χ3v) is 4.49. The first-order valence-electron chi connectivity index (χ1n) is 7.64. The van der Waals surface area contributed by atoms with Gasteiger partial charge in [0.05, 0.1) is 0 Å². The maximum atomic E-state index is 12.6. The van der Waals surface area contributed by atoms with Crippen LogP contribution in [0, 0.1) is 11.3 Å². The van der Waals surface area contributed by atoms with E-state index in [0.717, 1.165) is 30.1 Å². The van der Waals surface area contributed by atoms with E-state index in [9.17, 15) is 4.79 Å². The first-order valence-corrected chi connectivity index (χ1v) is 8.02. The molecule has 124 valence electrons. The quantitative estimate of drug-likeness (QED) is 0.878. The summed E-state index contributed by atoms with van der Waals surface area (Å²) >= 11 is 6.02. The highest BCUT2D eigenvalue weighted by molar-refractivity contribution is 6.30. The van der Waals surface area contributed by atoms with E-state index < -0.39 is 5.41 Å². The number of halogens is 2. The second-order valence-corrected chi connectivity index (χ2v) is 7.18. The summed E-state index contributed by atoms with van der Waals surface area (Å²) in [6.07, 6.45) is 1.69. The van der Waals surface area contributed by atoms with E-state index in [0.29, 0.717) is 12.3 Å². The molecule has 1 aromatic carbocycles. The van der Waals surface area contributed by atoms with Crippen molar-refractivity contribution in [2.75, 3.05) is 13.1 Å². The van der Waals surface area contributed by atoms with Crippen molar-refractivity contribution in [3.63, 3.8) is 0 Å². The van der Waals surface area contributed by atoms with E-state index in [1.54, 1.807) is 0 Å². The number of amides is 1. The number of piperidine rings is 1. The van der Waals surface area contributed by atoms with Crippen molar-refractivity contribution in [2.45, 2.75) is 39.7 Å². The summed E-state index contributed by atoms with van der Waals surface area (Å²) < 4.78 is 0. The molecule has 2 N–H and O–H groups in total. The van der Waals surface area contributed by atoms with Crippen molar-refractivity contribution < 1.29 is 4.79 Å². The van der Waals surface area contributed by atoms with Crippen molar-refractivity contribution >= 4 is 29.9 Å². The lowest BCUT2D eigenvalue weighted by Crippen LogP contribution is -2.51. The van der Waals surface area contributed by atoms with Crippen molar-refractivity contribution in [3.05, 3.63) is 34.9 Å². The molecule has 1 saturated heterocycles. The molecule has 1 aromatic rings. The maximum absolute atomic E-state index is 12.6.